The van der Waals surface area contributed by atoms with E-state index in [1.54, 1.807) is 12.1 Å². The summed E-state index contributed by atoms with van der Waals surface area (Å²) >= 11 is 0. The molecule has 0 unspecified atom stereocenters. The minimum absolute atomic E-state index is 0.502. The largest absolute Gasteiger partial charge is 0.452 e. The topological polar surface area (TPSA) is 62.5 Å². The highest BCUT2D eigenvalue weighted by molar-refractivity contribution is 5.93. The van der Waals surface area contributed by atoms with Gasteiger partial charge in [-0.05, 0) is 12.1 Å². The number of hydrogen-bond donors (Lipinski definition) is 0. The third-order valence-electron chi connectivity index (χ3n) is 2.29. The molecule has 0 amide bonds. The van der Waals surface area contributed by atoms with E-state index in [9.17, 15) is 9.59 Å². The van der Waals surface area contributed by atoms with Crippen LogP contribution in [0, 0.1) is 0 Å². The van der Waals surface area contributed by atoms with Crippen LogP contribution in [0.3, 0.4) is 0 Å². The van der Waals surface area contributed by atoms with Gasteiger partial charge in [0.2, 0.25) is 0 Å². The molecule has 2 aromatic rings. The molecule has 0 aliphatic rings. The van der Waals surface area contributed by atoms with E-state index in [1.165, 1.54) is 35.7 Å². The number of methoxy groups -OCH3 is 2. The normalized spacial score (nSPS) is 10.4. The molecule has 6 nitrogen and oxygen atoms in total. The van der Waals surface area contributed by atoms with Crippen molar-refractivity contribution in [2.45, 2.75) is 0 Å². The number of hydrogen-bond acceptors (Lipinski definition) is 4. The fourth-order valence-corrected chi connectivity index (χ4v) is 1.54. The summed E-state index contributed by atoms with van der Waals surface area (Å²) in [6.45, 7) is 0. The van der Waals surface area contributed by atoms with Gasteiger partial charge in [-0.3, -0.25) is 9.13 Å². The average molecular weight is 222 g/mol. The lowest BCUT2D eigenvalue weighted by Gasteiger charge is -1.99. The van der Waals surface area contributed by atoms with Crippen LogP contribution >= 0.6 is 0 Å². The van der Waals surface area contributed by atoms with Gasteiger partial charge < -0.3 is 9.47 Å². The zero-order chi connectivity index (χ0) is 11.7. The lowest BCUT2D eigenvalue weighted by atomic mass is 10.5. The Labute approximate surface area is 91.0 Å². The molecule has 2 heterocycles. The molecule has 2 aromatic heterocycles. The Hall–Kier alpha value is -2.24. The van der Waals surface area contributed by atoms with Crippen molar-refractivity contribution in [3.8, 4) is 0 Å². The van der Waals surface area contributed by atoms with Crippen LogP contribution in [0.4, 0.5) is 9.59 Å². The highest BCUT2D eigenvalue weighted by atomic mass is 16.5. The predicted molar refractivity (Wildman–Crippen MR) is 55.5 cm³/mol. The van der Waals surface area contributed by atoms with Crippen molar-refractivity contribution in [3.63, 3.8) is 0 Å². The maximum Gasteiger partial charge on any atom is 0.418 e. The van der Waals surface area contributed by atoms with Gasteiger partial charge in [-0.1, -0.05) is 0 Å². The van der Waals surface area contributed by atoms with E-state index in [0.717, 1.165) is 0 Å². The standard InChI is InChI=1S/C10H10N2O4/c1-15-9(13)11-5-3-8-7(11)4-6-12(8)10(14)16-2/h3-6H,1-2H3. The van der Waals surface area contributed by atoms with E-state index in [0.29, 0.717) is 11.0 Å². The number of rotatable bonds is 0. The Morgan fingerprint density at radius 3 is 1.62 bits per heavy atom. The third-order valence-corrected chi connectivity index (χ3v) is 2.29. The molecule has 0 saturated heterocycles. The summed E-state index contributed by atoms with van der Waals surface area (Å²) in [6, 6.07) is 3.28. The number of carbonyl (C=O) groups is 2. The van der Waals surface area contributed by atoms with Gasteiger partial charge in [0, 0.05) is 12.4 Å². The predicted octanol–water partition coefficient (Wildman–Crippen LogP) is 1.67. The zero-order valence-corrected chi connectivity index (χ0v) is 8.84. The Morgan fingerprint density at radius 1 is 0.938 bits per heavy atom. The third kappa shape index (κ3) is 1.35. The van der Waals surface area contributed by atoms with Gasteiger partial charge in [-0.25, -0.2) is 9.59 Å². The molecule has 6 heteroatoms. The van der Waals surface area contributed by atoms with Crippen LogP contribution in [0.1, 0.15) is 0 Å². The van der Waals surface area contributed by atoms with E-state index < -0.39 is 12.2 Å². The maximum absolute atomic E-state index is 11.4. The van der Waals surface area contributed by atoms with E-state index in [-0.39, 0.29) is 0 Å². The first-order valence-electron chi connectivity index (χ1n) is 4.54. The van der Waals surface area contributed by atoms with Crippen LogP contribution in [-0.2, 0) is 9.47 Å². The van der Waals surface area contributed by atoms with Gasteiger partial charge in [0.25, 0.3) is 0 Å². The number of carbonyl (C=O) groups excluding carboxylic acids is 2. The SMILES string of the molecule is COC(=O)n1ccc2c1ccn2C(=O)OC. The molecule has 0 aromatic carbocycles. The Morgan fingerprint density at radius 2 is 1.31 bits per heavy atom. The Kier molecular flexibility index (Phi) is 2.40. The molecule has 0 aliphatic heterocycles. The fourth-order valence-electron chi connectivity index (χ4n) is 1.54. The van der Waals surface area contributed by atoms with E-state index >= 15 is 0 Å². The molecule has 16 heavy (non-hydrogen) atoms. The minimum atomic E-state index is -0.502. The van der Waals surface area contributed by atoms with Crippen LogP contribution in [0.15, 0.2) is 24.5 Å². The van der Waals surface area contributed by atoms with Crippen molar-refractivity contribution in [1.82, 2.24) is 9.13 Å². The number of ether oxygens (including phenoxy) is 2. The number of fused-ring (bicyclic) bond motifs is 1. The zero-order valence-electron chi connectivity index (χ0n) is 8.84. The van der Waals surface area contributed by atoms with Gasteiger partial charge in [0.15, 0.2) is 0 Å². The van der Waals surface area contributed by atoms with Gasteiger partial charge in [-0.2, -0.15) is 0 Å². The minimum Gasteiger partial charge on any atom is -0.452 e. The van der Waals surface area contributed by atoms with Crippen molar-refractivity contribution in [1.29, 1.82) is 0 Å². The summed E-state index contributed by atoms with van der Waals surface area (Å²) in [5.41, 5.74) is 1.19. The number of nitrogens with zero attached hydrogens (tertiary/aromatic N) is 2. The molecule has 0 saturated carbocycles. The first-order chi connectivity index (χ1) is 7.69. The Balaban J connectivity index is 2.56. The number of aromatic nitrogens is 2. The van der Waals surface area contributed by atoms with Crippen LogP contribution in [0.5, 0.6) is 0 Å². The second kappa shape index (κ2) is 3.73. The smallest absolute Gasteiger partial charge is 0.418 e. The Bertz CT molecular complexity index is 502. The van der Waals surface area contributed by atoms with E-state index in [2.05, 4.69) is 9.47 Å². The molecule has 0 N–H and O–H groups in total. The lowest BCUT2D eigenvalue weighted by Crippen LogP contribution is -2.10. The molecule has 0 atom stereocenters. The van der Waals surface area contributed by atoms with Gasteiger partial charge in [0.05, 0.1) is 25.3 Å². The van der Waals surface area contributed by atoms with E-state index in [4.69, 9.17) is 0 Å². The molecule has 0 aliphatic carbocycles. The molecular formula is C10H10N2O4. The second-order valence-corrected chi connectivity index (χ2v) is 3.08. The summed E-state index contributed by atoms with van der Waals surface area (Å²) in [6.07, 6.45) is 2.07. The molecular weight excluding hydrogens is 212 g/mol. The van der Waals surface area contributed by atoms with Gasteiger partial charge in [-0.15, -0.1) is 0 Å². The van der Waals surface area contributed by atoms with Crippen LogP contribution < -0.4 is 0 Å². The first-order valence-corrected chi connectivity index (χ1v) is 4.54. The molecule has 0 fully saturated rings. The molecule has 0 radical (unpaired) electrons. The molecule has 0 bridgehead atoms. The summed E-state index contributed by atoms with van der Waals surface area (Å²) in [7, 11) is 2.59. The van der Waals surface area contributed by atoms with Crippen molar-refractivity contribution >= 4 is 23.2 Å². The summed E-state index contributed by atoms with van der Waals surface area (Å²) < 4.78 is 11.8. The van der Waals surface area contributed by atoms with Crippen molar-refractivity contribution < 1.29 is 19.1 Å². The maximum atomic E-state index is 11.4. The van der Waals surface area contributed by atoms with Crippen LogP contribution in [0.25, 0.3) is 11.0 Å². The fraction of sp³-hybridized carbons (Fsp3) is 0.200. The molecule has 2 rings (SSSR count). The lowest BCUT2D eigenvalue weighted by molar-refractivity contribution is 0.173. The van der Waals surface area contributed by atoms with Gasteiger partial charge in [0.1, 0.15) is 0 Å². The molecule has 84 valence electrons. The van der Waals surface area contributed by atoms with Crippen molar-refractivity contribution in [2.24, 2.45) is 0 Å². The van der Waals surface area contributed by atoms with Crippen molar-refractivity contribution in [3.05, 3.63) is 24.5 Å². The monoisotopic (exact) mass is 222 g/mol. The average Bonchev–Trinajstić information content (AvgIpc) is 2.87. The molecule has 0 spiro atoms. The summed E-state index contributed by atoms with van der Waals surface area (Å²) in [5, 5.41) is 0. The van der Waals surface area contributed by atoms with Crippen LogP contribution in [0.2, 0.25) is 0 Å². The summed E-state index contributed by atoms with van der Waals surface area (Å²) in [5.74, 6) is 0. The quantitative estimate of drug-likeness (QED) is 0.680. The highest BCUT2D eigenvalue weighted by Crippen LogP contribution is 2.17. The second-order valence-electron chi connectivity index (χ2n) is 3.08. The van der Waals surface area contributed by atoms with Crippen LogP contribution in [-0.4, -0.2) is 35.5 Å². The summed E-state index contributed by atoms with van der Waals surface area (Å²) in [4.78, 5) is 22.7. The first kappa shape index (κ1) is 10.3. The highest BCUT2D eigenvalue weighted by Gasteiger charge is 2.14. The van der Waals surface area contributed by atoms with Gasteiger partial charge >= 0.3 is 12.2 Å². The van der Waals surface area contributed by atoms with E-state index in [1.807, 2.05) is 0 Å². The van der Waals surface area contributed by atoms with Crippen molar-refractivity contribution in [2.75, 3.05) is 14.2 Å².